The molecule has 2 saturated heterocycles. The predicted molar refractivity (Wildman–Crippen MR) is 99.6 cm³/mol. The Morgan fingerprint density at radius 3 is 2.08 bits per heavy atom. The van der Waals surface area contributed by atoms with Gasteiger partial charge >= 0.3 is 0 Å². The van der Waals surface area contributed by atoms with E-state index in [0.717, 1.165) is 12.1 Å². The van der Waals surface area contributed by atoms with Gasteiger partial charge in [-0.05, 0) is 12.8 Å². The average molecular weight is 333 g/mol. The quantitative estimate of drug-likeness (QED) is 0.604. The molecule has 24 heavy (non-hydrogen) atoms. The standard InChI is InChI=1S/C21H35N3/c1-3-20(4-2)23-14-16-24(17-15-23)21-10-12-22(13-11-21)18-19-8-6-5-7-9-19/h5-9,20-21H,3-4,10-18H2,1-2H3/p+3. The summed E-state index contributed by atoms with van der Waals surface area (Å²) in [6.45, 7) is 14.3. The third-order valence-corrected chi connectivity index (χ3v) is 6.66. The van der Waals surface area contributed by atoms with Crippen LogP contribution in [0.1, 0.15) is 45.1 Å². The second-order valence-electron chi connectivity index (χ2n) is 8.02. The molecule has 0 spiro atoms. The first-order valence-electron chi connectivity index (χ1n) is 10.4. The molecule has 2 aliphatic heterocycles. The van der Waals surface area contributed by atoms with Crippen molar-refractivity contribution < 1.29 is 14.7 Å². The van der Waals surface area contributed by atoms with Crippen molar-refractivity contribution in [2.45, 2.75) is 58.2 Å². The molecule has 2 fully saturated rings. The molecule has 0 atom stereocenters. The minimum absolute atomic E-state index is 0.906. The largest absolute Gasteiger partial charge is 0.331 e. The summed E-state index contributed by atoms with van der Waals surface area (Å²) in [5, 5.41) is 0. The Bertz CT molecular complexity index is 455. The van der Waals surface area contributed by atoms with E-state index in [9.17, 15) is 0 Å². The monoisotopic (exact) mass is 332 g/mol. The van der Waals surface area contributed by atoms with Crippen molar-refractivity contribution >= 4 is 0 Å². The van der Waals surface area contributed by atoms with E-state index >= 15 is 0 Å². The zero-order valence-electron chi connectivity index (χ0n) is 15.8. The van der Waals surface area contributed by atoms with E-state index in [-0.39, 0.29) is 0 Å². The van der Waals surface area contributed by atoms with Gasteiger partial charge in [-0.25, -0.2) is 0 Å². The van der Waals surface area contributed by atoms with Gasteiger partial charge in [-0.15, -0.1) is 0 Å². The van der Waals surface area contributed by atoms with Gasteiger partial charge in [0, 0.05) is 18.4 Å². The molecule has 134 valence electrons. The van der Waals surface area contributed by atoms with Crippen molar-refractivity contribution in [3.05, 3.63) is 35.9 Å². The molecule has 3 rings (SSSR count). The third-order valence-electron chi connectivity index (χ3n) is 6.66. The molecule has 1 aromatic rings. The fourth-order valence-corrected chi connectivity index (χ4v) is 5.07. The normalized spacial score (nSPS) is 31.3. The first kappa shape index (κ1) is 17.9. The first-order valence-corrected chi connectivity index (χ1v) is 10.4. The number of piperidine rings is 1. The summed E-state index contributed by atoms with van der Waals surface area (Å²) in [7, 11) is 0. The second-order valence-corrected chi connectivity index (χ2v) is 8.02. The maximum atomic E-state index is 2.37. The summed E-state index contributed by atoms with van der Waals surface area (Å²) in [5.74, 6) is 0. The molecule has 0 radical (unpaired) electrons. The van der Waals surface area contributed by atoms with Crippen molar-refractivity contribution in [1.82, 2.24) is 0 Å². The zero-order valence-corrected chi connectivity index (χ0v) is 15.8. The van der Waals surface area contributed by atoms with Crippen LogP contribution in [0.15, 0.2) is 30.3 Å². The van der Waals surface area contributed by atoms with Crippen molar-refractivity contribution in [3.8, 4) is 0 Å². The maximum absolute atomic E-state index is 2.37. The first-order chi connectivity index (χ1) is 11.8. The fourth-order valence-electron chi connectivity index (χ4n) is 5.07. The van der Waals surface area contributed by atoms with E-state index in [4.69, 9.17) is 0 Å². The van der Waals surface area contributed by atoms with Crippen LogP contribution in [0.25, 0.3) is 0 Å². The average Bonchev–Trinajstić information content (AvgIpc) is 2.65. The summed E-state index contributed by atoms with van der Waals surface area (Å²) in [5.41, 5.74) is 1.50. The number of hydrogen-bond donors (Lipinski definition) is 3. The van der Waals surface area contributed by atoms with E-state index < -0.39 is 0 Å². The van der Waals surface area contributed by atoms with Gasteiger partial charge in [0.25, 0.3) is 0 Å². The number of piperazine rings is 1. The van der Waals surface area contributed by atoms with Crippen molar-refractivity contribution in [2.75, 3.05) is 39.3 Å². The molecule has 3 nitrogen and oxygen atoms in total. The molecule has 1 aromatic carbocycles. The second kappa shape index (κ2) is 8.98. The van der Waals surface area contributed by atoms with Crippen LogP contribution in [-0.2, 0) is 6.54 Å². The van der Waals surface area contributed by atoms with E-state index in [0.29, 0.717) is 0 Å². The van der Waals surface area contributed by atoms with Crippen LogP contribution < -0.4 is 14.7 Å². The molecule has 2 heterocycles. The summed E-state index contributed by atoms with van der Waals surface area (Å²) in [6, 6.07) is 12.9. The Balaban J connectivity index is 1.41. The maximum Gasteiger partial charge on any atom is 0.127 e. The lowest BCUT2D eigenvalue weighted by Crippen LogP contribution is -3.31. The molecule has 0 saturated carbocycles. The molecule has 0 amide bonds. The molecule has 2 aliphatic rings. The minimum Gasteiger partial charge on any atom is -0.331 e. The molecule has 0 aliphatic carbocycles. The Labute approximate surface area is 148 Å². The lowest BCUT2D eigenvalue weighted by Gasteiger charge is -2.39. The van der Waals surface area contributed by atoms with E-state index in [1.54, 1.807) is 4.90 Å². The highest BCUT2D eigenvalue weighted by Crippen LogP contribution is 2.00. The molecule has 3 heteroatoms. The van der Waals surface area contributed by atoms with Gasteiger partial charge in [0.2, 0.25) is 0 Å². The topological polar surface area (TPSA) is 13.3 Å². The zero-order chi connectivity index (χ0) is 16.8. The Morgan fingerprint density at radius 1 is 0.875 bits per heavy atom. The number of hydrogen-bond acceptors (Lipinski definition) is 0. The van der Waals surface area contributed by atoms with Gasteiger partial charge in [-0.3, -0.25) is 0 Å². The fraction of sp³-hybridized carbons (Fsp3) is 0.714. The highest BCUT2D eigenvalue weighted by Gasteiger charge is 2.34. The van der Waals surface area contributed by atoms with Crippen molar-refractivity contribution in [1.29, 1.82) is 0 Å². The van der Waals surface area contributed by atoms with Gasteiger partial charge in [0.15, 0.2) is 0 Å². The number of likely N-dealkylation sites (tertiary alicyclic amines) is 1. The van der Waals surface area contributed by atoms with Gasteiger partial charge in [0.1, 0.15) is 32.7 Å². The number of rotatable bonds is 6. The van der Waals surface area contributed by atoms with Gasteiger partial charge in [-0.2, -0.15) is 0 Å². The summed E-state index contributed by atoms with van der Waals surface area (Å²) >= 11 is 0. The molecule has 0 bridgehead atoms. The van der Waals surface area contributed by atoms with E-state index in [1.807, 2.05) is 9.80 Å². The number of benzene rings is 1. The van der Waals surface area contributed by atoms with E-state index in [1.165, 1.54) is 77.1 Å². The summed E-state index contributed by atoms with van der Waals surface area (Å²) in [4.78, 5) is 5.59. The highest BCUT2D eigenvalue weighted by atomic mass is 15.3. The lowest BCUT2D eigenvalue weighted by atomic mass is 10.0. The SMILES string of the molecule is CCC(CC)[NH+]1CC[NH+](C2CC[NH+](Cc3ccccc3)CC2)CC1. The number of nitrogens with one attached hydrogen (secondary N) is 3. The van der Waals surface area contributed by atoms with Crippen LogP contribution >= 0.6 is 0 Å². The van der Waals surface area contributed by atoms with Gasteiger partial charge in [0.05, 0.1) is 25.2 Å². The smallest absolute Gasteiger partial charge is 0.127 e. The lowest BCUT2D eigenvalue weighted by molar-refractivity contribution is -1.04. The van der Waals surface area contributed by atoms with Crippen LogP contribution in [0.3, 0.4) is 0 Å². The Kier molecular flexibility index (Phi) is 6.70. The third kappa shape index (κ3) is 4.59. The molecule has 3 N–H and O–H groups in total. The van der Waals surface area contributed by atoms with Crippen LogP contribution in [0.4, 0.5) is 0 Å². The highest BCUT2D eigenvalue weighted by molar-refractivity contribution is 5.13. The van der Waals surface area contributed by atoms with Crippen LogP contribution in [-0.4, -0.2) is 51.4 Å². The molecular weight excluding hydrogens is 294 g/mol. The van der Waals surface area contributed by atoms with Crippen molar-refractivity contribution in [2.24, 2.45) is 0 Å². The van der Waals surface area contributed by atoms with Gasteiger partial charge in [-0.1, -0.05) is 44.2 Å². The van der Waals surface area contributed by atoms with Crippen LogP contribution in [0.5, 0.6) is 0 Å². The molecule has 0 unspecified atom stereocenters. The summed E-state index contributed by atoms with van der Waals surface area (Å²) in [6.07, 6.45) is 5.56. The minimum atomic E-state index is 0.906. The van der Waals surface area contributed by atoms with Gasteiger partial charge < -0.3 is 14.7 Å². The van der Waals surface area contributed by atoms with Crippen LogP contribution in [0, 0.1) is 0 Å². The molecular formula is C21H38N3+3. The van der Waals surface area contributed by atoms with Crippen molar-refractivity contribution in [3.63, 3.8) is 0 Å². The van der Waals surface area contributed by atoms with E-state index in [2.05, 4.69) is 44.2 Å². The van der Waals surface area contributed by atoms with Crippen LogP contribution in [0.2, 0.25) is 0 Å². The molecule has 0 aromatic heterocycles. The Hall–Kier alpha value is -0.900. The summed E-state index contributed by atoms with van der Waals surface area (Å²) < 4.78 is 0. The Morgan fingerprint density at radius 2 is 1.50 bits per heavy atom. The predicted octanol–water partition coefficient (Wildman–Crippen LogP) is -0.794. The number of quaternary nitrogens is 3.